The van der Waals surface area contributed by atoms with E-state index in [-0.39, 0.29) is 0 Å². The first-order valence-corrected chi connectivity index (χ1v) is 25.4. The average Bonchev–Trinajstić information content (AvgIpc) is 3.79. The zero-order chi connectivity index (χ0) is 37.3. The Kier molecular flexibility index (Phi) is 10.6. The second-order valence-corrected chi connectivity index (χ2v) is 21.9. The molecule has 11 aliphatic rings. The van der Waals surface area contributed by atoms with Crippen molar-refractivity contribution in [3.63, 3.8) is 0 Å². The van der Waals surface area contributed by atoms with E-state index in [1.54, 1.807) is 11.3 Å². The van der Waals surface area contributed by atoms with Gasteiger partial charge in [0.1, 0.15) is 11.9 Å². The van der Waals surface area contributed by atoms with Gasteiger partial charge < -0.3 is 15.0 Å². The molecule has 6 fully saturated rings. The van der Waals surface area contributed by atoms with Crippen LogP contribution in [-0.2, 0) is 4.74 Å². The molecule has 56 heavy (non-hydrogen) atoms. The fraction of sp³-hybridized carbons (Fsp3) is 0.846. The molecular weight excluding hydrogens is 683 g/mol. The van der Waals surface area contributed by atoms with E-state index in [2.05, 4.69) is 59.3 Å². The lowest BCUT2D eigenvalue weighted by Gasteiger charge is -2.57. The third kappa shape index (κ3) is 6.39. The Morgan fingerprint density at radius 3 is 2.27 bits per heavy atom. The van der Waals surface area contributed by atoms with E-state index >= 15 is 0 Å². The summed E-state index contributed by atoms with van der Waals surface area (Å²) < 4.78 is 7.35. The number of hydrogen-bond donors (Lipinski definition) is 1. The molecule has 0 spiro atoms. The zero-order valence-corrected chi connectivity index (χ0v) is 35.7. The van der Waals surface area contributed by atoms with Crippen molar-refractivity contribution in [1.29, 1.82) is 0 Å². The van der Waals surface area contributed by atoms with Crippen molar-refractivity contribution in [1.82, 2.24) is 15.1 Å². The number of nitrogens with one attached hydrogen (secondary N) is 1. The molecule has 1 N–H and O–H groups in total. The van der Waals surface area contributed by atoms with E-state index in [1.807, 2.05) is 0 Å². The van der Waals surface area contributed by atoms with E-state index in [9.17, 15) is 0 Å². The molecule has 0 aromatic heterocycles. The van der Waals surface area contributed by atoms with Gasteiger partial charge in [-0.25, -0.2) is 0 Å². The monoisotopic (exact) mass is 762 g/mol. The Bertz CT molecular complexity index is 1540. The molecule has 17 unspecified atom stereocenters. The summed E-state index contributed by atoms with van der Waals surface area (Å²) in [6.45, 7) is 5.22. The fourth-order valence-corrected chi connectivity index (χ4v) is 17.0. The molecule has 17 atom stereocenters. The smallest absolute Gasteiger partial charge is 0.113 e. The van der Waals surface area contributed by atoms with Crippen molar-refractivity contribution < 1.29 is 4.74 Å². The van der Waals surface area contributed by atoms with Crippen LogP contribution in [0, 0.1) is 53.3 Å². The lowest BCUT2D eigenvalue weighted by Crippen LogP contribution is -2.59. The lowest BCUT2D eigenvalue weighted by molar-refractivity contribution is -0.0319. The number of ether oxygens (including phenoxy) is 1. The molecule has 308 valence electrons. The third-order valence-corrected chi connectivity index (χ3v) is 19.3. The molecule has 9 aliphatic carbocycles. The number of rotatable bonds is 6. The minimum atomic E-state index is 0.405. The summed E-state index contributed by atoms with van der Waals surface area (Å²) in [6.07, 6.45) is 48.5. The highest BCUT2D eigenvalue weighted by Gasteiger charge is 2.65. The van der Waals surface area contributed by atoms with Gasteiger partial charge in [0, 0.05) is 47.9 Å². The minimum Gasteiger partial charge on any atom is -0.492 e. The van der Waals surface area contributed by atoms with E-state index in [4.69, 9.17) is 4.74 Å². The Balaban J connectivity index is 1.02. The highest BCUT2D eigenvalue weighted by atomic mass is 16.5. The van der Waals surface area contributed by atoms with Crippen LogP contribution in [0.5, 0.6) is 0 Å². The first-order chi connectivity index (χ1) is 27.6. The van der Waals surface area contributed by atoms with Crippen LogP contribution >= 0.6 is 0 Å². The van der Waals surface area contributed by atoms with E-state index in [0.29, 0.717) is 42.2 Å². The maximum atomic E-state index is 7.35. The van der Waals surface area contributed by atoms with Crippen molar-refractivity contribution in [3.8, 4) is 0 Å². The van der Waals surface area contributed by atoms with Crippen LogP contribution in [0.2, 0.25) is 0 Å². The number of nitrogens with zero attached hydrogens (tertiary/aromatic N) is 2. The van der Waals surface area contributed by atoms with Crippen molar-refractivity contribution in [3.05, 3.63) is 47.4 Å². The molecule has 0 aromatic rings. The molecule has 4 nitrogen and oxygen atoms in total. The minimum absolute atomic E-state index is 0.405. The Morgan fingerprint density at radius 1 is 0.625 bits per heavy atom. The predicted molar refractivity (Wildman–Crippen MR) is 230 cm³/mol. The van der Waals surface area contributed by atoms with Crippen LogP contribution in [0.1, 0.15) is 174 Å². The van der Waals surface area contributed by atoms with Crippen LogP contribution in [0.25, 0.3) is 0 Å². The lowest BCUT2D eigenvalue weighted by atomic mass is 9.53. The molecule has 0 aromatic carbocycles. The van der Waals surface area contributed by atoms with Crippen molar-refractivity contribution in [2.24, 2.45) is 53.3 Å². The molecule has 5 saturated carbocycles. The summed E-state index contributed by atoms with van der Waals surface area (Å²) in [6, 6.07) is 4.73. The normalized spacial score (nSPS) is 48.8. The van der Waals surface area contributed by atoms with E-state index < -0.39 is 0 Å². The molecular formula is C52H79N3O. The molecule has 2 aliphatic heterocycles. The van der Waals surface area contributed by atoms with Gasteiger partial charge in [-0.1, -0.05) is 82.8 Å². The summed E-state index contributed by atoms with van der Waals surface area (Å²) in [5.74, 6) is 8.71. The van der Waals surface area contributed by atoms with Crippen LogP contribution in [0.4, 0.5) is 0 Å². The molecule has 0 bridgehead atoms. The van der Waals surface area contributed by atoms with Crippen molar-refractivity contribution in [2.75, 3.05) is 0 Å². The Morgan fingerprint density at radius 2 is 1.41 bits per heavy atom. The topological polar surface area (TPSA) is 27.7 Å². The summed E-state index contributed by atoms with van der Waals surface area (Å²) in [5, 5.41) is 4.58. The van der Waals surface area contributed by atoms with Gasteiger partial charge in [-0.15, -0.1) is 0 Å². The Labute approximate surface area is 342 Å². The second-order valence-electron chi connectivity index (χ2n) is 21.9. The summed E-state index contributed by atoms with van der Waals surface area (Å²) >= 11 is 0. The van der Waals surface area contributed by atoms with Gasteiger partial charge in [-0.2, -0.15) is 0 Å². The molecule has 11 rings (SSSR count). The molecule has 1 saturated heterocycles. The van der Waals surface area contributed by atoms with Gasteiger partial charge >= 0.3 is 0 Å². The fourth-order valence-electron chi connectivity index (χ4n) is 17.0. The third-order valence-electron chi connectivity index (χ3n) is 19.3. The van der Waals surface area contributed by atoms with Crippen LogP contribution in [0.15, 0.2) is 47.4 Å². The standard InChI is InChI=1S/C52H79N3O/c1-33-17-6-13-27-42(33)53-43-31-47-50(39-24-10-8-21-36(39)43)51-40-25-11-9-22-37(40)46(54(35-19-4-3-5-20-35)44-28-14-7-18-34(44)2)32-48(51)55(47)45-29-16-26-41-38-23-12-15-30-49(38)56-52(41)45/h11-12,19,23,25,33-34,36-40,42-51,53H,3-10,13-18,20-22,24,26-32H2,1-2H3. The summed E-state index contributed by atoms with van der Waals surface area (Å²) in [5.41, 5.74) is 3.51. The molecule has 0 amide bonds. The molecule has 0 radical (unpaired) electrons. The zero-order valence-electron chi connectivity index (χ0n) is 35.7. The van der Waals surface area contributed by atoms with Gasteiger partial charge in [-0.05, 0) is 175 Å². The number of fused-ring (bicyclic) bond motifs is 9. The van der Waals surface area contributed by atoms with Gasteiger partial charge in [0.25, 0.3) is 0 Å². The second kappa shape index (κ2) is 15.8. The van der Waals surface area contributed by atoms with Gasteiger partial charge in [0.05, 0.1) is 6.04 Å². The number of hydrogen-bond acceptors (Lipinski definition) is 4. The van der Waals surface area contributed by atoms with Crippen molar-refractivity contribution in [2.45, 2.75) is 223 Å². The predicted octanol–water partition coefficient (Wildman–Crippen LogP) is 11.9. The Hall–Kier alpha value is -1.52. The molecule has 4 heteroatoms. The van der Waals surface area contributed by atoms with Crippen LogP contribution in [0.3, 0.4) is 0 Å². The SMILES string of the molecule is CC1CCCCC1NC1CC2C(C3CCCCC13)C1C3C=CCCC3C(N(C3=CCCCC3)C3CCCCC3C)CC1N2C1CCCC2=C1OC1CCC=CC21. The summed E-state index contributed by atoms with van der Waals surface area (Å²) in [7, 11) is 0. The first kappa shape index (κ1) is 37.5. The van der Waals surface area contributed by atoms with Crippen LogP contribution < -0.4 is 5.32 Å². The maximum Gasteiger partial charge on any atom is 0.113 e. The first-order valence-electron chi connectivity index (χ1n) is 25.4. The highest BCUT2D eigenvalue weighted by molar-refractivity contribution is 5.33. The average molecular weight is 762 g/mol. The molecule has 2 heterocycles. The van der Waals surface area contributed by atoms with Gasteiger partial charge in [0.2, 0.25) is 0 Å². The number of allylic oxidation sites excluding steroid dienone is 5. The van der Waals surface area contributed by atoms with Gasteiger partial charge in [0.15, 0.2) is 0 Å². The van der Waals surface area contributed by atoms with Gasteiger partial charge in [-0.3, -0.25) is 4.90 Å². The van der Waals surface area contributed by atoms with E-state index in [1.165, 1.54) is 166 Å². The van der Waals surface area contributed by atoms with Crippen molar-refractivity contribution >= 4 is 0 Å². The maximum absolute atomic E-state index is 7.35. The van der Waals surface area contributed by atoms with E-state index in [0.717, 1.165) is 59.4 Å². The number of likely N-dealkylation sites (tertiary alicyclic amines) is 1. The van der Waals surface area contributed by atoms with Crippen LogP contribution in [-0.4, -0.2) is 58.2 Å². The quantitative estimate of drug-likeness (QED) is 0.273. The highest BCUT2D eigenvalue weighted by Crippen LogP contribution is 2.63. The summed E-state index contributed by atoms with van der Waals surface area (Å²) in [4.78, 5) is 6.60. The largest absolute Gasteiger partial charge is 0.492 e.